The molecule has 0 radical (unpaired) electrons. The fraction of sp³-hybridized carbons (Fsp3) is 0.267. The van der Waals surface area contributed by atoms with Gasteiger partial charge >= 0.3 is 0 Å². The highest BCUT2D eigenvalue weighted by molar-refractivity contribution is 9.10. The number of anilines is 2. The van der Waals surface area contributed by atoms with Crippen LogP contribution in [0.15, 0.2) is 33.5 Å². The summed E-state index contributed by atoms with van der Waals surface area (Å²) in [5, 5.41) is 6.75. The number of hydrogen-bond acceptors (Lipinski definition) is 5. The van der Waals surface area contributed by atoms with Gasteiger partial charge in [0.1, 0.15) is 5.69 Å². The second-order valence-electron chi connectivity index (χ2n) is 4.91. The van der Waals surface area contributed by atoms with E-state index in [2.05, 4.69) is 26.3 Å². The van der Waals surface area contributed by atoms with Crippen molar-refractivity contribution in [3.63, 3.8) is 0 Å². The predicted molar refractivity (Wildman–Crippen MR) is 91.6 cm³/mol. The third-order valence-electron chi connectivity index (χ3n) is 3.21. The molecule has 0 atom stereocenters. The lowest BCUT2D eigenvalue weighted by Gasteiger charge is -2.11. The van der Waals surface area contributed by atoms with Crippen molar-refractivity contribution in [2.45, 2.75) is 13.5 Å². The highest BCUT2D eigenvalue weighted by Crippen LogP contribution is 2.27. The molecule has 1 amide bonds. The van der Waals surface area contributed by atoms with Gasteiger partial charge in [0.15, 0.2) is 0 Å². The summed E-state index contributed by atoms with van der Waals surface area (Å²) < 4.78 is 6.91. The molecule has 7 nitrogen and oxygen atoms in total. The van der Waals surface area contributed by atoms with Crippen LogP contribution < -0.4 is 16.6 Å². The summed E-state index contributed by atoms with van der Waals surface area (Å²) >= 11 is 3.36. The molecule has 8 heteroatoms. The first-order valence-electron chi connectivity index (χ1n) is 6.86. The Labute approximate surface area is 141 Å². The average molecular weight is 381 g/mol. The minimum atomic E-state index is -0.444. The Kier molecular flexibility index (Phi) is 5.51. The normalized spacial score (nSPS) is 10.6. The molecule has 0 saturated heterocycles. The molecule has 3 N–H and O–H groups in total. The molecule has 0 bridgehead atoms. The van der Waals surface area contributed by atoms with E-state index < -0.39 is 5.91 Å². The van der Waals surface area contributed by atoms with Gasteiger partial charge in [0.25, 0.3) is 11.5 Å². The van der Waals surface area contributed by atoms with Crippen molar-refractivity contribution in [1.29, 1.82) is 0 Å². The number of methoxy groups -OCH3 is 1. The van der Waals surface area contributed by atoms with E-state index in [1.54, 1.807) is 6.07 Å². The zero-order chi connectivity index (χ0) is 17.0. The second-order valence-corrected chi connectivity index (χ2v) is 5.83. The van der Waals surface area contributed by atoms with E-state index in [1.165, 1.54) is 23.9 Å². The lowest BCUT2D eigenvalue weighted by atomic mass is 10.1. The van der Waals surface area contributed by atoms with E-state index in [9.17, 15) is 9.59 Å². The first kappa shape index (κ1) is 17.2. The number of nitrogens with zero attached hydrogens (tertiary/aromatic N) is 2. The van der Waals surface area contributed by atoms with E-state index in [1.807, 2.05) is 13.0 Å². The third-order valence-corrected chi connectivity index (χ3v) is 3.66. The lowest BCUT2D eigenvalue weighted by Crippen LogP contribution is -2.27. The molecule has 1 heterocycles. The van der Waals surface area contributed by atoms with Crippen LogP contribution in [-0.2, 0) is 11.3 Å². The molecule has 122 valence electrons. The number of nitrogens with two attached hydrogens (primary N) is 1. The number of aryl methyl sites for hydroxylation is 1. The summed E-state index contributed by atoms with van der Waals surface area (Å²) in [6, 6.07) is 6.24. The van der Waals surface area contributed by atoms with Gasteiger partial charge in [0.05, 0.1) is 24.5 Å². The van der Waals surface area contributed by atoms with Crippen LogP contribution >= 0.6 is 15.9 Å². The molecule has 0 aliphatic heterocycles. The molecular formula is C15H17BrN4O3. The minimum absolute atomic E-state index is 0.123. The van der Waals surface area contributed by atoms with Crippen molar-refractivity contribution >= 4 is 33.2 Å². The first-order chi connectivity index (χ1) is 10.9. The molecule has 1 aromatic carbocycles. The van der Waals surface area contributed by atoms with Crippen LogP contribution in [0.3, 0.4) is 0 Å². The summed E-state index contributed by atoms with van der Waals surface area (Å²) in [5.74, 6) is -0.444. The van der Waals surface area contributed by atoms with Crippen LogP contribution in [0, 0.1) is 6.92 Å². The molecule has 23 heavy (non-hydrogen) atoms. The third kappa shape index (κ3) is 4.17. The van der Waals surface area contributed by atoms with Crippen molar-refractivity contribution in [2.75, 3.05) is 24.8 Å². The Balaban J connectivity index is 2.26. The topological polar surface area (TPSA) is 99.2 Å². The van der Waals surface area contributed by atoms with Crippen molar-refractivity contribution in [2.24, 2.45) is 0 Å². The maximum Gasteiger partial charge on any atom is 0.276 e. The molecule has 2 aromatic rings. The highest BCUT2D eigenvalue weighted by atomic mass is 79.9. The maximum atomic E-state index is 12.3. The van der Waals surface area contributed by atoms with Crippen molar-refractivity contribution < 1.29 is 9.53 Å². The standard InChI is InChI=1S/C15H17BrN4O3/c1-9-7-10(16)8-12(14(9)17)18-15(22)11-3-4-13(21)20(19-11)5-6-23-2/h3-4,7-8H,5-6,17H2,1-2H3,(H,18,22). The van der Waals surface area contributed by atoms with Gasteiger partial charge in [-0.2, -0.15) is 5.10 Å². The van der Waals surface area contributed by atoms with Gasteiger partial charge in [-0.25, -0.2) is 4.68 Å². The number of rotatable bonds is 5. The zero-order valence-electron chi connectivity index (χ0n) is 12.8. The summed E-state index contributed by atoms with van der Waals surface area (Å²) in [4.78, 5) is 24.0. The number of aromatic nitrogens is 2. The summed E-state index contributed by atoms with van der Waals surface area (Å²) in [6.45, 7) is 2.45. The van der Waals surface area contributed by atoms with Crippen LogP contribution in [0.25, 0.3) is 0 Å². The summed E-state index contributed by atoms with van der Waals surface area (Å²) in [7, 11) is 1.53. The molecule has 0 aliphatic carbocycles. The minimum Gasteiger partial charge on any atom is -0.397 e. The van der Waals surface area contributed by atoms with Gasteiger partial charge in [-0.1, -0.05) is 15.9 Å². The summed E-state index contributed by atoms with van der Waals surface area (Å²) in [5.41, 5.74) is 7.60. The van der Waals surface area contributed by atoms with Crippen LogP contribution in [-0.4, -0.2) is 29.4 Å². The highest BCUT2D eigenvalue weighted by Gasteiger charge is 2.13. The quantitative estimate of drug-likeness (QED) is 0.770. The molecular weight excluding hydrogens is 364 g/mol. The average Bonchev–Trinajstić information content (AvgIpc) is 2.51. The maximum absolute atomic E-state index is 12.3. The van der Waals surface area contributed by atoms with Crippen molar-refractivity contribution in [3.05, 3.63) is 50.3 Å². The SMILES string of the molecule is COCCn1nc(C(=O)Nc2cc(Br)cc(C)c2N)ccc1=O. The van der Waals surface area contributed by atoms with Crippen molar-refractivity contribution in [3.8, 4) is 0 Å². The number of ether oxygens (including phenoxy) is 1. The van der Waals surface area contributed by atoms with Crippen LogP contribution in [0.1, 0.15) is 16.1 Å². The van der Waals surface area contributed by atoms with E-state index in [0.29, 0.717) is 18.0 Å². The number of carbonyl (C=O) groups excluding carboxylic acids is 1. The fourth-order valence-corrected chi connectivity index (χ4v) is 2.52. The predicted octanol–water partition coefficient (Wildman–Crippen LogP) is 1.80. The smallest absolute Gasteiger partial charge is 0.276 e. The first-order valence-corrected chi connectivity index (χ1v) is 7.65. The molecule has 0 spiro atoms. The number of nitrogens with one attached hydrogen (secondary N) is 1. The van der Waals surface area contributed by atoms with Crippen LogP contribution in [0.4, 0.5) is 11.4 Å². The number of carbonyl (C=O) groups is 1. The van der Waals surface area contributed by atoms with Gasteiger partial charge in [-0.15, -0.1) is 0 Å². The fourth-order valence-electron chi connectivity index (χ4n) is 1.95. The molecule has 1 aromatic heterocycles. The second kappa shape index (κ2) is 7.38. The number of amides is 1. The van der Waals surface area contributed by atoms with E-state index in [-0.39, 0.29) is 17.8 Å². The van der Waals surface area contributed by atoms with Gasteiger partial charge in [-0.3, -0.25) is 9.59 Å². The lowest BCUT2D eigenvalue weighted by molar-refractivity contribution is 0.101. The Morgan fingerprint density at radius 3 is 2.87 bits per heavy atom. The largest absolute Gasteiger partial charge is 0.397 e. The van der Waals surface area contributed by atoms with Gasteiger partial charge < -0.3 is 15.8 Å². The van der Waals surface area contributed by atoms with E-state index in [4.69, 9.17) is 10.5 Å². The zero-order valence-corrected chi connectivity index (χ0v) is 14.4. The number of benzene rings is 1. The van der Waals surface area contributed by atoms with Gasteiger partial charge in [0, 0.05) is 17.6 Å². The molecule has 0 aliphatic rings. The molecule has 0 fully saturated rings. The van der Waals surface area contributed by atoms with Crippen LogP contribution in [0.5, 0.6) is 0 Å². The molecule has 2 rings (SSSR count). The van der Waals surface area contributed by atoms with Crippen molar-refractivity contribution in [1.82, 2.24) is 9.78 Å². The van der Waals surface area contributed by atoms with Gasteiger partial charge in [0.2, 0.25) is 0 Å². The van der Waals surface area contributed by atoms with E-state index in [0.717, 1.165) is 10.0 Å². The molecule has 0 unspecified atom stereocenters. The monoisotopic (exact) mass is 380 g/mol. The van der Waals surface area contributed by atoms with Gasteiger partial charge in [-0.05, 0) is 30.7 Å². The number of nitrogen functional groups attached to an aromatic ring is 1. The summed E-state index contributed by atoms with van der Waals surface area (Å²) in [6.07, 6.45) is 0. The molecule has 0 saturated carbocycles. The number of halogens is 1. The van der Waals surface area contributed by atoms with E-state index >= 15 is 0 Å². The Hall–Kier alpha value is -2.19. The van der Waals surface area contributed by atoms with Crippen LogP contribution in [0.2, 0.25) is 0 Å². The Bertz CT molecular complexity index is 789. The number of hydrogen-bond donors (Lipinski definition) is 2. The Morgan fingerprint density at radius 2 is 2.17 bits per heavy atom. The Morgan fingerprint density at radius 1 is 1.43 bits per heavy atom.